The van der Waals surface area contributed by atoms with Gasteiger partial charge in [-0.15, -0.1) is 0 Å². The molecule has 0 atom stereocenters. The maximum absolute atomic E-state index is 4.32. The van der Waals surface area contributed by atoms with Crippen LogP contribution in [0.3, 0.4) is 0 Å². The van der Waals surface area contributed by atoms with Crippen molar-refractivity contribution in [2.24, 2.45) is 0 Å². The summed E-state index contributed by atoms with van der Waals surface area (Å²) in [6.07, 6.45) is 12.0. The van der Waals surface area contributed by atoms with E-state index in [0.29, 0.717) is 0 Å². The van der Waals surface area contributed by atoms with Gasteiger partial charge in [0.15, 0.2) is 0 Å². The Hall–Kier alpha value is -3.00. The molecule has 0 amide bonds. The minimum absolute atomic E-state index is 0.966. The fraction of sp³-hybridized carbons (Fsp3) is 0.0909. The Bertz CT molecular complexity index is 788. The zero-order chi connectivity index (χ0) is 16.8. The van der Waals surface area contributed by atoms with Crippen LogP contribution in [0.15, 0.2) is 60.9 Å². The Labute approximate surface area is 143 Å². The van der Waals surface area contributed by atoms with Crippen molar-refractivity contribution in [3.63, 3.8) is 0 Å². The lowest BCUT2D eigenvalue weighted by atomic mass is 9.99. The molecule has 1 aromatic carbocycles. The molecule has 0 fully saturated rings. The molecular formula is C22H20N2. The second-order valence-electron chi connectivity index (χ2n) is 5.74. The second-order valence-corrected chi connectivity index (χ2v) is 5.74. The standard InChI is InChI=1S/C22H20N2/c1-17-15-20(10-12-22-8-4-6-14-24-22)18(2)16-19(17)9-11-21-7-3-5-13-23-21/h3-16H,1-2H3/b11-9+,12-10+. The van der Waals surface area contributed by atoms with Crippen LogP contribution >= 0.6 is 0 Å². The Morgan fingerprint density at radius 2 is 1.08 bits per heavy atom. The molecule has 0 aliphatic rings. The molecule has 0 spiro atoms. The van der Waals surface area contributed by atoms with Crippen LogP contribution in [0, 0.1) is 13.8 Å². The van der Waals surface area contributed by atoms with E-state index in [2.05, 4.69) is 48.1 Å². The minimum Gasteiger partial charge on any atom is -0.257 e. The lowest BCUT2D eigenvalue weighted by Gasteiger charge is -2.07. The highest BCUT2D eigenvalue weighted by molar-refractivity contribution is 5.74. The summed E-state index contributed by atoms with van der Waals surface area (Å²) in [4.78, 5) is 8.64. The van der Waals surface area contributed by atoms with Crippen molar-refractivity contribution in [1.82, 2.24) is 9.97 Å². The van der Waals surface area contributed by atoms with E-state index in [9.17, 15) is 0 Å². The van der Waals surface area contributed by atoms with E-state index in [4.69, 9.17) is 0 Å². The molecule has 118 valence electrons. The predicted molar refractivity (Wildman–Crippen MR) is 102 cm³/mol. The van der Waals surface area contributed by atoms with Crippen LogP contribution in [-0.4, -0.2) is 9.97 Å². The highest BCUT2D eigenvalue weighted by Crippen LogP contribution is 2.20. The fourth-order valence-corrected chi connectivity index (χ4v) is 2.52. The Balaban J connectivity index is 1.83. The largest absolute Gasteiger partial charge is 0.257 e. The molecule has 24 heavy (non-hydrogen) atoms. The molecule has 2 aromatic heterocycles. The lowest BCUT2D eigenvalue weighted by Crippen LogP contribution is -1.88. The first-order valence-electron chi connectivity index (χ1n) is 8.02. The first-order chi connectivity index (χ1) is 11.7. The van der Waals surface area contributed by atoms with Gasteiger partial charge >= 0.3 is 0 Å². The third-order valence-corrected chi connectivity index (χ3v) is 3.90. The van der Waals surface area contributed by atoms with Gasteiger partial charge in [0, 0.05) is 12.4 Å². The summed E-state index contributed by atoms with van der Waals surface area (Å²) < 4.78 is 0. The number of aromatic nitrogens is 2. The van der Waals surface area contributed by atoms with E-state index < -0.39 is 0 Å². The molecule has 3 aromatic rings. The van der Waals surface area contributed by atoms with Crippen molar-refractivity contribution in [2.75, 3.05) is 0 Å². The Morgan fingerprint density at radius 3 is 1.46 bits per heavy atom. The average Bonchev–Trinajstić information content (AvgIpc) is 2.62. The van der Waals surface area contributed by atoms with Gasteiger partial charge in [-0.3, -0.25) is 9.97 Å². The topological polar surface area (TPSA) is 25.8 Å². The summed E-state index contributed by atoms with van der Waals surface area (Å²) in [7, 11) is 0. The number of nitrogens with zero attached hydrogens (tertiary/aromatic N) is 2. The third-order valence-electron chi connectivity index (χ3n) is 3.90. The van der Waals surface area contributed by atoms with Crippen LogP contribution in [0.2, 0.25) is 0 Å². The summed E-state index contributed by atoms with van der Waals surface area (Å²) in [6.45, 7) is 4.27. The van der Waals surface area contributed by atoms with E-state index >= 15 is 0 Å². The molecule has 0 aliphatic carbocycles. The van der Waals surface area contributed by atoms with E-state index in [-0.39, 0.29) is 0 Å². The highest BCUT2D eigenvalue weighted by atomic mass is 14.7. The number of benzene rings is 1. The normalized spacial score (nSPS) is 11.4. The van der Waals surface area contributed by atoms with Crippen molar-refractivity contribution < 1.29 is 0 Å². The molecule has 0 unspecified atom stereocenters. The number of aryl methyl sites for hydroxylation is 2. The summed E-state index contributed by atoms with van der Waals surface area (Å²) in [5, 5.41) is 0. The number of hydrogen-bond acceptors (Lipinski definition) is 2. The number of rotatable bonds is 4. The maximum Gasteiger partial charge on any atom is 0.0629 e. The average molecular weight is 312 g/mol. The molecular weight excluding hydrogens is 292 g/mol. The smallest absolute Gasteiger partial charge is 0.0629 e. The molecule has 2 heteroatoms. The molecule has 2 nitrogen and oxygen atoms in total. The molecule has 0 radical (unpaired) electrons. The van der Waals surface area contributed by atoms with Crippen molar-refractivity contribution in [1.29, 1.82) is 0 Å². The molecule has 0 bridgehead atoms. The van der Waals surface area contributed by atoms with Gasteiger partial charge in [0.2, 0.25) is 0 Å². The number of pyridine rings is 2. The van der Waals surface area contributed by atoms with Crippen molar-refractivity contribution >= 4 is 24.3 Å². The van der Waals surface area contributed by atoms with Crippen LogP contribution in [0.4, 0.5) is 0 Å². The molecule has 0 saturated heterocycles. The van der Waals surface area contributed by atoms with Crippen molar-refractivity contribution in [3.05, 3.63) is 94.6 Å². The SMILES string of the molecule is Cc1cc(/C=C/c2ccccn2)c(C)cc1/C=C/c1ccccn1. The molecule has 2 heterocycles. The number of hydrogen-bond donors (Lipinski definition) is 0. The van der Waals surface area contributed by atoms with Gasteiger partial charge in [-0.1, -0.05) is 36.4 Å². The zero-order valence-corrected chi connectivity index (χ0v) is 14.0. The molecule has 0 saturated carbocycles. The third kappa shape index (κ3) is 4.05. The van der Waals surface area contributed by atoms with Crippen LogP contribution in [0.1, 0.15) is 33.6 Å². The van der Waals surface area contributed by atoms with Gasteiger partial charge in [-0.05, 0) is 72.5 Å². The van der Waals surface area contributed by atoms with Gasteiger partial charge in [0.25, 0.3) is 0 Å². The van der Waals surface area contributed by atoms with Gasteiger partial charge in [-0.2, -0.15) is 0 Å². The fourth-order valence-electron chi connectivity index (χ4n) is 2.52. The first kappa shape index (κ1) is 15.9. The molecule has 3 rings (SSSR count). The first-order valence-corrected chi connectivity index (χ1v) is 8.02. The van der Waals surface area contributed by atoms with Crippen LogP contribution in [0.5, 0.6) is 0 Å². The van der Waals surface area contributed by atoms with Crippen LogP contribution in [-0.2, 0) is 0 Å². The van der Waals surface area contributed by atoms with Gasteiger partial charge < -0.3 is 0 Å². The van der Waals surface area contributed by atoms with E-state index in [1.807, 2.05) is 60.9 Å². The maximum atomic E-state index is 4.32. The lowest BCUT2D eigenvalue weighted by molar-refractivity contribution is 1.29. The zero-order valence-electron chi connectivity index (χ0n) is 14.0. The van der Waals surface area contributed by atoms with Gasteiger partial charge in [0.1, 0.15) is 0 Å². The van der Waals surface area contributed by atoms with E-state index in [1.54, 1.807) is 0 Å². The van der Waals surface area contributed by atoms with Crippen molar-refractivity contribution in [3.8, 4) is 0 Å². The second kappa shape index (κ2) is 7.51. The molecule has 0 aliphatic heterocycles. The highest BCUT2D eigenvalue weighted by Gasteiger charge is 2.01. The summed E-state index contributed by atoms with van der Waals surface area (Å²) in [5.74, 6) is 0. The Morgan fingerprint density at radius 1 is 0.625 bits per heavy atom. The predicted octanol–water partition coefficient (Wildman–Crippen LogP) is 5.43. The minimum atomic E-state index is 0.966. The van der Waals surface area contributed by atoms with Crippen LogP contribution < -0.4 is 0 Å². The van der Waals surface area contributed by atoms with Crippen LogP contribution in [0.25, 0.3) is 24.3 Å². The van der Waals surface area contributed by atoms with Gasteiger partial charge in [-0.25, -0.2) is 0 Å². The van der Waals surface area contributed by atoms with E-state index in [1.165, 1.54) is 22.3 Å². The summed E-state index contributed by atoms with van der Waals surface area (Å²) in [6, 6.07) is 16.3. The van der Waals surface area contributed by atoms with E-state index in [0.717, 1.165) is 11.4 Å². The monoisotopic (exact) mass is 312 g/mol. The quantitative estimate of drug-likeness (QED) is 0.641. The van der Waals surface area contributed by atoms with Gasteiger partial charge in [0.05, 0.1) is 11.4 Å². The summed E-state index contributed by atoms with van der Waals surface area (Å²) >= 11 is 0. The Kier molecular flexibility index (Phi) is 4.97. The molecule has 0 N–H and O–H groups in total. The van der Waals surface area contributed by atoms with Crippen molar-refractivity contribution in [2.45, 2.75) is 13.8 Å². The summed E-state index contributed by atoms with van der Waals surface area (Å²) in [5.41, 5.74) is 6.85.